The Morgan fingerprint density at radius 2 is 1.97 bits per heavy atom. The van der Waals surface area contributed by atoms with Crippen molar-refractivity contribution in [2.75, 3.05) is 13.7 Å². The maximum atomic E-state index is 12.9. The largest absolute Gasteiger partial charge is 0.496 e. The predicted octanol–water partition coefficient (Wildman–Crippen LogP) is 4.15. The molecule has 0 spiro atoms. The number of para-hydroxylation sites is 1. The number of benzene rings is 2. The summed E-state index contributed by atoms with van der Waals surface area (Å²) >= 11 is 7.31. The summed E-state index contributed by atoms with van der Waals surface area (Å²) < 4.78 is 7.18. The van der Waals surface area contributed by atoms with Crippen molar-refractivity contribution >= 4 is 39.1 Å². The van der Waals surface area contributed by atoms with Gasteiger partial charge in [-0.1, -0.05) is 41.9 Å². The van der Waals surface area contributed by atoms with E-state index in [0.717, 1.165) is 21.8 Å². The van der Waals surface area contributed by atoms with Gasteiger partial charge in [0.05, 0.1) is 19.0 Å². The average molecular weight is 454 g/mol. The van der Waals surface area contributed by atoms with Crippen LogP contribution >= 0.6 is 22.9 Å². The second kappa shape index (κ2) is 9.32. The fraction of sp³-hybridized carbons (Fsp3) is 0.174. The summed E-state index contributed by atoms with van der Waals surface area (Å²) in [5.74, 6) is 0.546. The first-order chi connectivity index (χ1) is 15.0. The maximum Gasteiger partial charge on any atom is 0.271 e. The smallest absolute Gasteiger partial charge is 0.271 e. The number of nitrogens with zero attached hydrogens (tertiary/aromatic N) is 2. The van der Waals surface area contributed by atoms with E-state index in [1.165, 1.54) is 22.2 Å². The zero-order valence-corrected chi connectivity index (χ0v) is 18.4. The van der Waals surface area contributed by atoms with Crippen LogP contribution in [0.2, 0.25) is 5.02 Å². The van der Waals surface area contributed by atoms with E-state index in [9.17, 15) is 9.59 Å². The van der Waals surface area contributed by atoms with Crippen LogP contribution in [0.25, 0.3) is 20.7 Å². The van der Waals surface area contributed by atoms with E-state index >= 15 is 0 Å². The van der Waals surface area contributed by atoms with Gasteiger partial charge in [0.1, 0.15) is 17.0 Å². The Balaban J connectivity index is 1.44. The van der Waals surface area contributed by atoms with Gasteiger partial charge in [0.25, 0.3) is 5.56 Å². The Labute approximate surface area is 188 Å². The fourth-order valence-corrected chi connectivity index (χ4v) is 4.46. The van der Waals surface area contributed by atoms with Crippen molar-refractivity contribution in [3.63, 3.8) is 0 Å². The third-order valence-corrected chi connectivity index (χ3v) is 6.27. The molecule has 158 valence electrons. The molecule has 0 radical (unpaired) electrons. The Hall–Kier alpha value is -3.16. The minimum Gasteiger partial charge on any atom is -0.496 e. The van der Waals surface area contributed by atoms with Crippen LogP contribution in [0.3, 0.4) is 0 Å². The van der Waals surface area contributed by atoms with Crippen LogP contribution in [-0.2, 0) is 17.8 Å². The first kappa shape index (κ1) is 21.1. The third kappa shape index (κ3) is 4.78. The number of halogens is 1. The van der Waals surface area contributed by atoms with Crippen LogP contribution in [0.1, 0.15) is 5.56 Å². The number of aromatic nitrogens is 2. The second-order valence-corrected chi connectivity index (χ2v) is 8.41. The van der Waals surface area contributed by atoms with Gasteiger partial charge in [-0.05, 0) is 41.8 Å². The number of methoxy groups -OCH3 is 1. The van der Waals surface area contributed by atoms with Crippen LogP contribution in [-0.4, -0.2) is 29.1 Å². The Morgan fingerprint density at radius 3 is 2.74 bits per heavy atom. The third-order valence-electron chi connectivity index (χ3n) is 4.86. The lowest BCUT2D eigenvalue weighted by atomic mass is 10.1. The van der Waals surface area contributed by atoms with Crippen molar-refractivity contribution in [1.29, 1.82) is 0 Å². The fourth-order valence-electron chi connectivity index (χ4n) is 3.27. The molecule has 0 unspecified atom stereocenters. The van der Waals surface area contributed by atoms with E-state index in [1.54, 1.807) is 7.11 Å². The highest BCUT2D eigenvalue weighted by Crippen LogP contribution is 2.31. The van der Waals surface area contributed by atoms with Gasteiger partial charge in [-0.3, -0.25) is 14.2 Å². The molecule has 31 heavy (non-hydrogen) atoms. The number of carbonyl (C=O) groups is 1. The molecule has 0 atom stereocenters. The number of rotatable bonds is 7. The van der Waals surface area contributed by atoms with E-state index in [1.807, 2.05) is 54.6 Å². The highest BCUT2D eigenvalue weighted by atomic mass is 35.5. The number of hydrogen-bond donors (Lipinski definition) is 1. The first-order valence-electron chi connectivity index (χ1n) is 9.68. The van der Waals surface area contributed by atoms with E-state index < -0.39 is 0 Å². The number of carbonyl (C=O) groups excluding carboxylic acids is 1. The topological polar surface area (TPSA) is 73.2 Å². The predicted molar refractivity (Wildman–Crippen MR) is 124 cm³/mol. The van der Waals surface area contributed by atoms with Crippen LogP contribution in [0.4, 0.5) is 0 Å². The lowest BCUT2D eigenvalue weighted by Gasteiger charge is -2.09. The van der Waals surface area contributed by atoms with Crippen molar-refractivity contribution < 1.29 is 9.53 Å². The Morgan fingerprint density at radius 1 is 1.19 bits per heavy atom. The summed E-state index contributed by atoms with van der Waals surface area (Å²) in [4.78, 5) is 30.5. The number of hydrogen-bond acceptors (Lipinski definition) is 5. The van der Waals surface area contributed by atoms with Gasteiger partial charge >= 0.3 is 0 Å². The van der Waals surface area contributed by atoms with E-state index in [-0.39, 0.29) is 18.0 Å². The van der Waals surface area contributed by atoms with Crippen LogP contribution < -0.4 is 15.6 Å². The van der Waals surface area contributed by atoms with Crippen molar-refractivity contribution in [2.24, 2.45) is 0 Å². The first-order valence-corrected chi connectivity index (χ1v) is 10.9. The van der Waals surface area contributed by atoms with Crippen LogP contribution in [0.15, 0.2) is 65.7 Å². The highest BCUT2D eigenvalue weighted by molar-refractivity contribution is 7.22. The van der Waals surface area contributed by atoms with Gasteiger partial charge in [-0.15, -0.1) is 11.3 Å². The molecule has 0 aliphatic heterocycles. The number of ether oxygens (including phenoxy) is 1. The normalized spacial score (nSPS) is 10.9. The van der Waals surface area contributed by atoms with E-state index in [0.29, 0.717) is 28.2 Å². The minimum absolute atomic E-state index is 0.0815. The zero-order chi connectivity index (χ0) is 21.8. The molecule has 6 nitrogen and oxygen atoms in total. The lowest BCUT2D eigenvalue weighted by Crippen LogP contribution is -2.33. The monoisotopic (exact) mass is 453 g/mol. The van der Waals surface area contributed by atoms with Crippen molar-refractivity contribution in [3.05, 3.63) is 81.9 Å². The number of fused-ring (bicyclic) bond motifs is 1. The number of amides is 1. The summed E-state index contributed by atoms with van der Waals surface area (Å²) in [6.45, 7) is 0.366. The molecule has 2 heterocycles. The van der Waals surface area contributed by atoms with Crippen molar-refractivity contribution in [3.8, 4) is 16.2 Å². The molecule has 0 bridgehead atoms. The SMILES string of the molecule is COc1ccccc1CCNC(=O)Cn1cnc2cc(-c3ccc(Cl)cc3)sc2c1=O. The Kier molecular flexibility index (Phi) is 6.34. The highest BCUT2D eigenvalue weighted by Gasteiger charge is 2.12. The average Bonchev–Trinajstić information content (AvgIpc) is 3.22. The maximum absolute atomic E-state index is 12.9. The molecular weight excluding hydrogens is 434 g/mol. The summed E-state index contributed by atoms with van der Waals surface area (Å²) in [6, 6.07) is 17.0. The zero-order valence-electron chi connectivity index (χ0n) is 16.8. The molecule has 0 saturated carbocycles. The van der Waals surface area contributed by atoms with Crippen LogP contribution in [0.5, 0.6) is 5.75 Å². The molecular formula is C23H20ClN3O3S. The molecule has 4 rings (SSSR count). The molecule has 2 aromatic heterocycles. The molecule has 4 aromatic rings. The van der Waals surface area contributed by atoms with Gasteiger partial charge in [0.2, 0.25) is 5.91 Å². The van der Waals surface area contributed by atoms with E-state index in [4.69, 9.17) is 16.3 Å². The van der Waals surface area contributed by atoms with E-state index in [2.05, 4.69) is 10.3 Å². The lowest BCUT2D eigenvalue weighted by molar-refractivity contribution is -0.121. The molecule has 2 aromatic carbocycles. The summed E-state index contributed by atoms with van der Waals surface area (Å²) in [6.07, 6.45) is 2.06. The molecule has 0 aliphatic carbocycles. The van der Waals surface area contributed by atoms with Gasteiger partial charge in [0.15, 0.2) is 0 Å². The number of thiophene rings is 1. The summed E-state index contributed by atoms with van der Waals surface area (Å²) in [7, 11) is 1.62. The number of nitrogens with one attached hydrogen (secondary N) is 1. The van der Waals surface area contributed by atoms with Gasteiger partial charge in [-0.2, -0.15) is 0 Å². The molecule has 8 heteroatoms. The molecule has 1 N–H and O–H groups in total. The molecule has 0 aliphatic rings. The minimum atomic E-state index is -0.243. The van der Waals surface area contributed by atoms with Crippen molar-refractivity contribution in [2.45, 2.75) is 13.0 Å². The second-order valence-electron chi connectivity index (χ2n) is 6.92. The quantitative estimate of drug-likeness (QED) is 0.456. The Bertz CT molecular complexity index is 1280. The van der Waals surface area contributed by atoms with Gasteiger partial charge in [0, 0.05) is 16.4 Å². The molecule has 0 saturated heterocycles. The van der Waals surface area contributed by atoms with Crippen molar-refractivity contribution in [1.82, 2.24) is 14.9 Å². The molecule has 0 fully saturated rings. The van der Waals surface area contributed by atoms with Crippen LogP contribution in [0, 0.1) is 0 Å². The van der Waals surface area contributed by atoms with Gasteiger partial charge < -0.3 is 10.1 Å². The summed E-state index contributed by atoms with van der Waals surface area (Å²) in [5.41, 5.74) is 2.37. The molecule has 1 amide bonds. The summed E-state index contributed by atoms with van der Waals surface area (Å²) in [5, 5.41) is 3.51. The van der Waals surface area contributed by atoms with Gasteiger partial charge in [-0.25, -0.2) is 4.98 Å². The standard InChI is InChI=1S/C23H20ClN3O3S/c1-30-19-5-3-2-4-15(19)10-11-25-21(28)13-27-14-26-18-12-20(31-22(18)23(27)29)16-6-8-17(24)9-7-16/h2-9,12,14H,10-11,13H2,1H3,(H,25,28).